The first-order valence-electron chi connectivity index (χ1n) is 9.37. The number of hydrogen-bond donors (Lipinski definition) is 1. The number of ether oxygens (including phenoxy) is 6. The van der Waals surface area contributed by atoms with Crippen molar-refractivity contribution in [2.75, 3.05) is 19.8 Å². The third kappa shape index (κ3) is 9.13. The van der Waals surface area contributed by atoms with Gasteiger partial charge in [0.15, 0.2) is 24.6 Å². The second-order valence-electron chi connectivity index (χ2n) is 6.43. The van der Waals surface area contributed by atoms with Crippen LogP contribution in [0.15, 0.2) is 12.7 Å². The number of hydrogen-bond acceptors (Lipinski definition) is 11. The van der Waals surface area contributed by atoms with E-state index < -0.39 is 60.5 Å². The summed E-state index contributed by atoms with van der Waals surface area (Å²) < 4.78 is 32.0. The molecule has 12 heteroatoms. The van der Waals surface area contributed by atoms with E-state index in [0.29, 0.717) is 0 Å². The topological polar surface area (TPSA) is 153 Å². The van der Waals surface area contributed by atoms with Crippen molar-refractivity contribution in [1.82, 2.24) is 5.32 Å². The fourth-order valence-electron chi connectivity index (χ4n) is 2.74. The largest absolute Gasteiger partial charge is 0.463 e. The van der Waals surface area contributed by atoms with Gasteiger partial charge in [0.2, 0.25) is 5.91 Å². The molecule has 174 valence electrons. The van der Waals surface area contributed by atoms with Crippen LogP contribution < -0.4 is 5.32 Å². The fraction of sp³-hybridized carbons (Fsp3) is 0.632. The quantitative estimate of drug-likeness (QED) is 0.198. The molecule has 1 aliphatic heterocycles. The van der Waals surface area contributed by atoms with Gasteiger partial charge in [-0.1, -0.05) is 6.58 Å². The highest BCUT2D eigenvalue weighted by Crippen LogP contribution is 2.29. The molecule has 1 aliphatic rings. The van der Waals surface area contributed by atoms with Gasteiger partial charge in [0.1, 0.15) is 12.7 Å². The Morgan fingerprint density at radius 3 is 1.94 bits per heavy atom. The van der Waals surface area contributed by atoms with Crippen LogP contribution in [0.3, 0.4) is 0 Å². The van der Waals surface area contributed by atoms with Gasteiger partial charge in [-0.2, -0.15) is 0 Å². The Bertz CT molecular complexity index is 692. The maximum absolute atomic E-state index is 11.7. The maximum atomic E-state index is 11.7. The summed E-state index contributed by atoms with van der Waals surface area (Å²) in [6.45, 7) is 7.49. The zero-order valence-electron chi connectivity index (χ0n) is 17.8. The molecule has 0 bridgehead atoms. The van der Waals surface area contributed by atoms with E-state index in [4.69, 9.17) is 28.4 Å². The highest BCUT2D eigenvalue weighted by molar-refractivity contribution is 5.86. The van der Waals surface area contributed by atoms with E-state index in [1.165, 1.54) is 6.92 Å². The average Bonchev–Trinajstić information content (AvgIpc) is 2.66. The zero-order valence-corrected chi connectivity index (χ0v) is 17.8. The summed E-state index contributed by atoms with van der Waals surface area (Å²) in [4.78, 5) is 57.5. The molecule has 31 heavy (non-hydrogen) atoms. The van der Waals surface area contributed by atoms with Crippen LogP contribution in [-0.4, -0.2) is 80.2 Å². The number of amides is 1. The summed E-state index contributed by atoms with van der Waals surface area (Å²) >= 11 is 0. The molecule has 0 aliphatic carbocycles. The van der Waals surface area contributed by atoms with E-state index in [-0.39, 0.29) is 19.8 Å². The molecular weight excluding hydrogens is 418 g/mol. The third-order valence-corrected chi connectivity index (χ3v) is 3.82. The van der Waals surface area contributed by atoms with Crippen molar-refractivity contribution in [2.24, 2.45) is 0 Å². The number of carbonyl (C=O) groups excluding carboxylic acids is 5. The van der Waals surface area contributed by atoms with Gasteiger partial charge in [-0.05, 0) is 6.08 Å². The van der Waals surface area contributed by atoms with Crippen molar-refractivity contribution in [2.45, 2.75) is 58.4 Å². The minimum absolute atomic E-state index is 0.0672. The molecule has 1 saturated heterocycles. The van der Waals surface area contributed by atoms with Crippen LogP contribution in [0.1, 0.15) is 27.7 Å². The Labute approximate surface area is 179 Å². The molecule has 0 aromatic rings. The first-order valence-corrected chi connectivity index (χ1v) is 9.37. The number of esters is 4. The molecule has 1 amide bonds. The highest BCUT2D eigenvalue weighted by atomic mass is 16.7. The molecule has 0 aromatic heterocycles. The Hall–Kier alpha value is -2.99. The molecule has 12 nitrogen and oxygen atoms in total. The van der Waals surface area contributed by atoms with Gasteiger partial charge < -0.3 is 33.7 Å². The van der Waals surface area contributed by atoms with E-state index >= 15 is 0 Å². The standard InChI is InChI=1S/C19H27NO11/c1-6-15(25)20-7-8-26-19-18(30-13(5)24)17(29-12(4)23)16(28-11(3)22)14(31-19)9-27-10(2)21/h6,14,16-19H,1,7-9H2,2-5H3,(H,20,25)/t14-,16-,17+,18-,19-/m1/s1. The van der Waals surface area contributed by atoms with Gasteiger partial charge >= 0.3 is 23.9 Å². The molecule has 5 atom stereocenters. The van der Waals surface area contributed by atoms with Crippen molar-refractivity contribution < 1.29 is 52.4 Å². The second kappa shape index (κ2) is 12.6. The summed E-state index contributed by atoms with van der Waals surface area (Å²) in [7, 11) is 0. The monoisotopic (exact) mass is 445 g/mol. The molecule has 0 aromatic carbocycles. The zero-order chi connectivity index (χ0) is 23.6. The van der Waals surface area contributed by atoms with Crippen molar-refractivity contribution >= 4 is 29.8 Å². The van der Waals surface area contributed by atoms with Gasteiger partial charge in [-0.3, -0.25) is 24.0 Å². The molecule has 1 rings (SSSR count). The van der Waals surface area contributed by atoms with Gasteiger partial charge in [-0.25, -0.2) is 0 Å². The maximum Gasteiger partial charge on any atom is 0.303 e. The Balaban J connectivity index is 3.15. The fourth-order valence-corrected chi connectivity index (χ4v) is 2.74. The van der Waals surface area contributed by atoms with Crippen LogP contribution in [-0.2, 0) is 52.4 Å². The van der Waals surface area contributed by atoms with Crippen LogP contribution in [0.2, 0.25) is 0 Å². The summed E-state index contributed by atoms with van der Waals surface area (Å²) in [6, 6.07) is 0. The van der Waals surface area contributed by atoms with Crippen molar-refractivity contribution in [1.29, 1.82) is 0 Å². The number of nitrogens with one attached hydrogen (secondary N) is 1. The van der Waals surface area contributed by atoms with Crippen LogP contribution in [0, 0.1) is 0 Å². The Morgan fingerprint density at radius 2 is 1.42 bits per heavy atom. The SMILES string of the molecule is C=CC(=O)NCCO[C@@H]1O[C@H](COC(C)=O)[C@@H](OC(C)=O)[C@H](OC(C)=O)[C@H]1OC(C)=O. The highest BCUT2D eigenvalue weighted by Gasteiger charge is 2.52. The molecule has 0 spiro atoms. The summed E-state index contributed by atoms with van der Waals surface area (Å²) in [5.74, 6) is -3.26. The molecule has 1 N–H and O–H groups in total. The Morgan fingerprint density at radius 1 is 0.871 bits per heavy atom. The second-order valence-corrected chi connectivity index (χ2v) is 6.43. The third-order valence-electron chi connectivity index (χ3n) is 3.82. The smallest absolute Gasteiger partial charge is 0.303 e. The van der Waals surface area contributed by atoms with E-state index in [2.05, 4.69) is 11.9 Å². The van der Waals surface area contributed by atoms with E-state index in [9.17, 15) is 24.0 Å². The average molecular weight is 445 g/mol. The van der Waals surface area contributed by atoms with Crippen molar-refractivity contribution in [3.8, 4) is 0 Å². The number of carbonyl (C=O) groups is 5. The lowest BCUT2D eigenvalue weighted by Crippen LogP contribution is -2.63. The molecule has 0 saturated carbocycles. The van der Waals surface area contributed by atoms with Crippen LogP contribution >= 0.6 is 0 Å². The summed E-state index contributed by atoms with van der Waals surface area (Å²) in [6.07, 6.45) is -5.20. The molecule has 0 radical (unpaired) electrons. The molecular formula is C19H27NO11. The normalized spacial score (nSPS) is 25.0. The van der Waals surface area contributed by atoms with Crippen molar-refractivity contribution in [3.05, 3.63) is 12.7 Å². The summed E-state index contributed by atoms with van der Waals surface area (Å²) in [5, 5.41) is 2.49. The van der Waals surface area contributed by atoms with Gasteiger partial charge in [0, 0.05) is 34.2 Å². The minimum atomic E-state index is -1.31. The molecule has 1 heterocycles. The van der Waals surface area contributed by atoms with Crippen LogP contribution in [0.5, 0.6) is 0 Å². The predicted octanol–water partition coefficient (Wildman–Crippen LogP) is -0.612. The van der Waals surface area contributed by atoms with E-state index in [0.717, 1.165) is 26.8 Å². The van der Waals surface area contributed by atoms with E-state index in [1.807, 2.05) is 0 Å². The lowest BCUT2D eigenvalue weighted by molar-refractivity contribution is -0.307. The molecule has 0 unspecified atom stereocenters. The lowest BCUT2D eigenvalue weighted by atomic mass is 9.98. The van der Waals surface area contributed by atoms with Crippen LogP contribution in [0.4, 0.5) is 0 Å². The van der Waals surface area contributed by atoms with Gasteiger partial charge in [0.25, 0.3) is 0 Å². The summed E-state index contributed by atoms with van der Waals surface area (Å²) in [5.41, 5.74) is 0. The first-order chi connectivity index (χ1) is 14.5. The number of rotatable bonds is 10. The minimum Gasteiger partial charge on any atom is -0.463 e. The van der Waals surface area contributed by atoms with Crippen molar-refractivity contribution in [3.63, 3.8) is 0 Å². The lowest BCUT2D eigenvalue weighted by Gasteiger charge is -2.44. The predicted molar refractivity (Wildman–Crippen MR) is 101 cm³/mol. The van der Waals surface area contributed by atoms with Crippen LogP contribution in [0.25, 0.3) is 0 Å². The van der Waals surface area contributed by atoms with Gasteiger partial charge in [-0.15, -0.1) is 0 Å². The first kappa shape index (κ1) is 26.0. The van der Waals surface area contributed by atoms with Gasteiger partial charge in [0.05, 0.1) is 6.61 Å². The van der Waals surface area contributed by atoms with E-state index in [1.54, 1.807) is 0 Å². The Kier molecular flexibility index (Phi) is 10.6. The molecule has 1 fully saturated rings.